The van der Waals surface area contributed by atoms with Crippen LogP contribution in [-0.4, -0.2) is 22.8 Å². The highest BCUT2D eigenvalue weighted by Gasteiger charge is 2.03. The zero-order chi connectivity index (χ0) is 11.3. The molecule has 0 aliphatic heterocycles. The van der Waals surface area contributed by atoms with Crippen molar-refractivity contribution in [1.82, 2.24) is 0 Å². The van der Waals surface area contributed by atoms with Crippen LogP contribution in [0, 0.1) is 6.92 Å². The van der Waals surface area contributed by atoms with Gasteiger partial charge in [0.25, 0.3) is 0 Å². The molecular weight excluding hydrogens is 192 g/mol. The molecule has 0 fully saturated rings. The van der Waals surface area contributed by atoms with Crippen LogP contribution in [0.3, 0.4) is 0 Å². The van der Waals surface area contributed by atoms with Crippen molar-refractivity contribution in [2.75, 3.05) is 6.61 Å². The third-order valence-electron chi connectivity index (χ3n) is 2.12. The number of carboxylic acids is 1. The summed E-state index contributed by atoms with van der Waals surface area (Å²) in [6, 6.07) is 4.99. The van der Waals surface area contributed by atoms with Gasteiger partial charge < -0.3 is 10.2 Å². The normalized spacial score (nSPS) is 10.8. The quantitative estimate of drug-likeness (QED) is 0.793. The van der Waals surface area contributed by atoms with Gasteiger partial charge in [0, 0.05) is 6.61 Å². The van der Waals surface area contributed by atoms with Crippen molar-refractivity contribution < 1.29 is 15.0 Å². The van der Waals surface area contributed by atoms with Gasteiger partial charge in [0.15, 0.2) is 0 Å². The summed E-state index contributed by atoms with van der Waals surface area (Å²) >= 11 is 0. The number of carbonyl (C=O) groups is 1. The maximum atomic E-state index is 10.7. The monoisotopic (exact) mass is 206 g/mol. The van der Waals surface area contributed by atoms with Gasteiger partial charge >= 0.3 is 5.97 Å². The Morgan fingerprint density at radius 1 is 1.47 bits per heavy atom. The van der Waals surface area contributed by atoms with E-state index in [4.69, 9.17) is 10.2 Å². The molecule has 0 aliphatic rings. The summed E-state index contributed by atoms with van der Waals surface area (Å²) in [5.74, 6) is -0.924. The van der Waals surface area contributed by atoms with Crippen molar-refractivity contribution in [3.05, 3.63) is 41.0 Å². The predicted octanol–water partition coefficient (Wildman–Crippen LogP) is 2.09. The van der Waals surface area contributed by atoms with E-state index in [1.807, 2.05) is 19.1 Å². The fourth-order valence-electron chi connectivity index (χ4n) is 1.24. The number of aromatic carboxylic acids is 1. The van der Waals surface area contributed by atoms with Crippen LogP contribution in [0.15, 0.2) is 24.3 Å². The predicted molar refractivity (Wildman–Crippen MR) is 58.9 cm³/mol. The lowest BCUT2D eigenvalue weighted by Crippen LogP contribution is -1.97. The molecule has 1 aromatic carbocycles. The number of hydrogen-bond donors (Lipinski definition) is 2. The molecule has 0 saturated heterocycles. The topological polar surface area (TPSA) is 57.5 Å². The van der Waals surface area contributed by atoms with Crippen molar-refractivity contribution in [3.63, 3.8) is 0 Å². The Kier molecular flexibility index (Phi) is 4.06. The summed E-state index contributed by atoms with van der Waals surface area (Å²) in [4.78, 5) is 10.7. The molecule has 0 bridgehead atoms. The van der Waals surface area contributed by atoms with E-state index in [-0.39, 0.29) is 12.2 Å². The Hall–Kier alpha value is -1.61. The molecule has 1 rings (SSSR count). The third-order valence-corrected chi connectivity index (χ3v) is 2.12. The first kappa shape index (κ1) is 11.5. The van der Waals surface area contributed by atoms with Gasteiger partial charge in [-0.05, 0) is 36.6 Å². The summed E-state index contributed by atoms with van der Waals surface area (Å²) in [6.07, 6.45) is 4.24. The Bertz CT molecular complexity index is 380. The molecule has 3 nitrogen and oxygen atoms in total. The molecular formula is C12H14O3. The van der Waals surface area contributed by atoms with Gasteiger partial charge in [0.1, 0.15) is 0 Å². The lowest BCUT2D eigenvalue weighted by molar-refractivity contribution is 0.0697. The van der Waals surface area contributed by atoms with Crippen molar-refractivity contribution in [2.24, 2.45) is 0 Å². The largest absolute Gasteiger partial charge is 0.478 e. The van der Waals surface area contributed by atoms with Crippen LogP contribution in [0.1, 0.15) is 27.9 Å². The van der Waals surface area contributed by atoms with Crippen LogP contribution in [0.2, 0.25) is 0 Å². The summed E-state index contributed by atoms with van der Waals surface area (Å²) in [7, 11) is 0. The van der Waals surface area contributed by atoms with Crippen LogP contribution in [0.5, 0.6) is 0 Å². The molecule has 3 heteroatoms. The number of aliphatic hydroxyl groups excluding tert-OH is 1. The van der Waals surface area contributed by atoms with E-state index >= 15 is 0 Å². The molecule has 0 aromatic heterocycles. The molecule has 0 aliphatic carbocycles. The second-order valence-electron chi connectivity index (χ2n) is 3.29. The Labute approximate surface area is 88.7 Å². The summed E-state index contributed by atoms with van der Waals surface area (Å²) in [5.41, 5.74) is 2.18. The average molecular weight is 206 g/mol. The van der Waals surface area contributed by atoms with Crippen LogP contribution >= 0.6 is 0 Å². The molecule has 1 aromatic rings. The Morgan fingerprint density at radius 3 is 2.80 bits per heavy atom. The van der Waals surface area contributed by atoms with Crippen molar-refractivity contribution >= 4 is 12.0 Å². The highest BCUT2D eigenvalue weighted by Crippen LogP contribution is 2.13. The van der Waals surface area contributed by atoms with Gasteiger partial charge in [0.2, 0.25) is 0 Å². The van der Waals surface area contributed by atoms with Crippen molar-refractivity contribution in [1.29, 1.82) is 0 Å². The van der Waals surface area contributed by atoms with E-state index in [0.717, 1.165) is 11.1 Å². The lowest BCUT2D eigenvalue weighted by Gasteiger charge is -2.01. The second-order valence-corrected chi connectivity index (χ2v) is 3.29. The molecule has 0 unspecified atom stereocenters. The Balaban J connectivity index is 2.95. The van der Waals surface area contributed by atoms with Crippen LogP contribution in [0.25, 0.3) is 6.08 Å². The van der Waals surface area contributed by atoms with Gasteiger partial charge in [-0.2, -0.15) is 0 Å². The summed E-state index contributed by atoms with van der Waals surface area (Å²) in [6.45, 7) is 2.03. The molecule has 0 heterocycles. The van der Waals surface area contributed by atoms with E-state index < -0.39 is 5.97 Å². The van der Waals surface area contributed by atoms with Gasteiger partial charge in [-0.15, -0.1) is 0 Å². The number of carboxylic acid groups (broad SMARTS) is 1. The number of rotatable bonds is 4. The second kappa shape index (κ2) is 5.32. The average Bonchev–Trinajstić information content (AvgIpc) is 2.20. The molecule has 0 atom stereocenters. The van der Waals surface area contributed by atoms with Gasteiger partial charge in [-0.3, -0.25) is 0 Å². The van der Waals surface area contributed by atoms with Gasteiger partial charge in [-0.1, -0.05) is 18.2 Å². The van der Waals surface area contributed by atoms with Crippen LogP contribution in [-0.2, 0) is 0 Å². The highest BCUT2D eigenvalue weighted by atomic mass is 16.4. The van der Waals surface area contributed by atoms with E-state index in [1.165, 1.54) is 0 Å². The lowest BCUT2D eigenvalue weighted by atomic mass is 10.0. The van der Waals surface area contributed by atoms with E-state index in [0.29, 0.717) is 6.42 Å². The number of aliphatic hydroxyl groups is 1. The van der Waals surface area contributed by atoms with E-state index in [2.05, 4.69) is 0 Å². The molecule has 0 saturated carbocycles. The van der Waals surface area contributed by atoms with Gasteiger partial charge in [0.05, 0.1) is 5.56 Å². The standard InChI is InChI=1S/C12H14O3/c1-9-5-6-11(12(14)15)8-10(9)4-2-3-7-13/h2,4-6,8,13H,3,7H2,1H3,(H,14,15). The van der Waals surface area contributed by atoms with Gasteiger partial charge in [-0.25, -0.2) is 4.79 Å². The fourth-order valence-corrected chi connectivity index (χ4v) is 1.24. The third kappa shape index (κ3) is 3.22. The smallest absolute Gasteiger partial charge is 0.335 e. The summed E-state index contributed by atoms with van der Waals surface area (Å²) in [5, 5.41) is 17.4. The zero-order valence-electron chi connectivity index (χ0n) is 8.60. The number of aryl methyl sites for hydroxylation is 1. The minimum Gasteiger partial charge on any atom is -0.478 e. The Morgan fingerprint density at radius 2 is 2.20 bits per heavy atom. The fraction of sp³-hybridized carbons (Fsp3) is 0.250. The zero-order valence-corrected chi connectivity index (χ0v) is 8.60. The van der Waals surface area contributed by atoms with Crippen LogP contribution in [0.4, 0.5) is 0 Å². The maximum Gasteiger partial charge on any atom is 0.335 e. The first-order valence-corrected chi connectivity index (χ1v) is 4.76. The SMILES string of the molecule is Cc1ccc(C(=O)O)cc1C=CCCO. The van der Waals surface area contributed by atoms with E-state index in [9.17, 15) is 4.79 Å². The minimum absolute atomic E-state index is 0.105. The highest BCUT2D eigenvalue weighted by molar-refractivity contribution is 5.88. The van der Waals surface area contributed by atoms with Crippen LogP contribution < -0.4 is 0 Å². The molecule has 15 heavy (non-hydrogen) atoms. The molecule has 0 amide bonds. The van der Waals surface area contributed by atoms with E-state index in [1.54, 1.807) is 18.2 Å². The first-order chi connectivity index (χ1) is 7.15. The first-order valence-electron chi connectivity index (χ1n) is 4.76. The van der Waals surface area contributed by atoms with Crippen molar-refractivity contribution in [2.45, 2.75) is 13.3 Å². The number of benzene rings is 1. The maximum absolute atomic E-state index is 10.7. The molecule has 0 spiro atoms. The molecule has 0 radical (unpaired) electrons. The van der Waals surface area contributed by atoms with Crippen molar-refractivity contribution in [3.8, 4) is 0 Å². The molecule has 80 valence electrons. The number of hydrogen-bond acceptors (Lipinski definition) is 2. The summed E-state index contributed by atoms with van der Waals surface area (Å²) < 4.78 is 0. The molecule has 2 N–H and O–H groups in total. The minimum atomic E-state index is -0.924.